The Kier molecular flexibility index (Phi) is 10.3. The van der Waals surface area contributed by atoms with Crippen LogP contribution in [0.25, 0.3) is 0 Å². The van der Waals surface area contributed by atoms with Gasteiger partial charge >= 0.3 is 0 Å². The molecule has 4 rings (SSSR count). The Morgan fingerprint density at radius 2 is 0.844 bits per heavy atom. The van der Waals surface area contributed by atoms with Crippen molar-refractivity contribution >= 4 is 31.9 Å². The summed E-state index contributed by atoms with van der Waals surface area (Å²) in [5.41, 5.74) is 2.84. The van der Waals surface area contributed by atoms with Crippen LogP contribution in [0.3, 0.4) is 0 Å². The lowest BCUT2D eigenvalue weighted by molar-refractivity contribution is 0.134. The average molecular weight is 564 g/mol. The Bertz CT molecular complexity index is 716. The van der Waals surface area contributed by atoms with Crippen LogP contribution in [-0.4, -0.2) is 36.0 Å². The van der Waals surface area contributed by atoms with Crippen LogP contribution in [0.2, 0.25) is 0 Å². The normalized spacial score (nSPS) is 26.9. The molecule has 0 amide bonds. The number of benzene rings is 2. The Hall–Kier alpha value is -0.680. The van der Waals surface area contributed by atoms with E-state index in [4.69, 9.17) is 0 Å². The average Bonchev–Trinajstić information content (AvgIpc) is 2.71. The van der Waals surface area contributed by atoms with Gasteiger partial charge in [0.2, 0.25) is 0 Å². The molecule has 0 unspecified atom stereocenters. The van der Waals surface area contributed by atoms with Crippen molar-refractivity contribution in [2.45, 2.75) is 53.6 Å². The number of halogens is 2. The maximum Gasteiger partial charge on any atom is 0.0233 e. The minimum absolute atomic E-state index is 0.846. The molecule has 0 aliphatic carbocycles. The van der Waals surface area contributed by atoms with Crippen molar-refractivity contribution in [2.75, 3.05) is 26.2 Å². The molecule has 0 N–H and O–H groups in total. The molecule has 2 aliphatic heterocycles. The third-order valence-corrected chi connectivity index (χ3v) is 7.59. The molecule has 2 saturated heterocycles. The van der Waals surface area contributed by atoms with Gasteiger partial charge in [-0.15, -0.1) is 0 Å². The second-order valence-corrected chi connectivity index (χ2v) is 12.4. The molecule has 2 aromatic carbocycles. The number of hydrogen-bond donors (Lipinski definition) is 0. The topological polar surface area (TPSA) is 6.48 Å². The third kappa shape index (κ3) is 8.93. The van der Waals surface area contributed by atoms with E-state index in [2.05, 4.69) is 118 Å². The quantitative estimate of drug-likeness (QED) is 0.373. The van der Waals surface area contributed by atoms with Crippen molar-refractivity contribution in [3.63, 3.8) is 0 Å². The summed E-state index contributed by atoms with van der Waals surface area (Å²) in [7, 11) is 0. The molecule has 4 heteroatoms. The van der Waals surface area contributed by atoms with Crippen LogP contribution in [0.1, 0.15) is 51.7 Å². The Morgan fingerprint density at radius 3 is 1.12 bits per heavy atom. The van der Waals surface area contributed by atoms with Gasteiger partial charge in [0.25, 0.3) is 0 Å². The second kappa shape index (κ2) is 12.7. The highest BCUT2D eigenvalue weighted by Crippen LogP contribution is 2.24. The lowest BCUT2D eigenvalue weighted by atomic mass is 9.91. The molecular weight excluding hydrogens is 524 g/mol. The van der Waals surface area contributed by atoms with Crippen LogP contribution in [-0.2, 0) is 13.1 Å². The maximum atomic E-state index is 3.48. The zero-order valence-corrected chi connectivity index (χ0v) is 23.4. The van der Waals surface area contributed by atoms with Gasteiger partial charge in [-0.25, -0.2) is 0 Å². The summed E-state index contributed by atoms with van der Waals surface area (Å²) in [5.74, 6) is 3.39. The van der Waals surface area contributed by atoms with Crippen LogP contribution in [0.4, 0.5) is 0 Å². The van der Waals surface area contributed by atoms with Gasteiger partial charge in [-0.1, -0.05) is 83.8 Å². The summed E-state index contributed by atoms with van der Waals surface area (Å²) in [6.07, 6.45) is 2.77. The highest BCUT2D eigenvalue weighted by molar-refractivity contribution is 9.10. The highest BCUT2D eigenvalue weighted by atomic mass is 79.9. The Balaban J connectivity index is 0.000000181. The zero-order chi connectivity index (χ0) is 23.1. The lowest BCUT2D eigenvalue weighted by Gasteiger charge is -2.35. The van der Waals surface area contributed by atoms with E-state index in [1.54, 1.807) is 0 Å². The van der Waals surface area contributed by atoms with Gasteiger partial charge in [-0.3, -0.25) is 9.80 Å². The van der Waals surface area contributed by atoms with Crippen LogP contribution >= 0.6 is 31.9 Å². The summed E-state index contributed by atoms with van der Waals surface area (Å²) in [5, 5.41) is 0. The van der Waals surface area contributed by atoms with E-state index in [-0.39, 0.29) is 0 Å². The first-order valence-corrected chi connectivity index (χ1v) is 13.8. The molecule has 0 saturated carbocycles. The lowest BCUT2D eigenvalue weighted by Crippen LogP contribution is -2.38. The Morgan fingerprint density at radius 1 is 0.562 bits per heavy atom. The van der Waals surface area contributed by atoms with Gasteiger partial charge < -0.3 is 0 Å². The van der Waals surface area contributed by atoms with Crippen molar-refractivity contribution < 1.29 is 0 Å². The molecule has 0 radical (unpaired) electrons. The van der Waals surface area contributed by atoms with Crippen molar-refractivity contribution in [2.24, 2.45) is 23.7 Å². The van der Waals surface area contributed by atoms with Crippen LogP contribution in [0, 0.1) is 23.7 Å². The summed E-state index contributed by atoms with van der Waals surface area (Å²) >= 11 is 6.95. The van der Waals surface area contributed by atoms with E-state index in [9.17, 15) is 0 Å². The van der Waals surface area contributed by atoms with Gasteiger partial charge in [0.15, 0.2) is 0 Å². The summed E-state index contributed by atoms with van der Waals surface area (Å²) in [6, 6.07) is 17.4. The smallest absolute Gasteiger partial charge is 0.0233 e. The third-order valence-electron chi connectivity index (χ3n) is 6.53. The van der Waals surface area contributed by atoms with Crippen LogP contribution in [0.5, 0.6) is 0 Å². The fraction of sp³-hybridized carbons (Fsp3) is 0.571. The standard InChI is InChI=1S/2C14H20BrN/c2*1-11-7-12(2)9-16(8-11)10-13-3-5-14(15)6-4-13/h2*3-6,11-12H,7-10H2,1-2H3/t11-,12+;11-,12-/m.0/s1. The van der Waals surface area contributed by atoms with Crippen molar-refractivity contribution in [1.82, 2.24) is 9.80 Å². The molecule has 2 nitrogen and oxygen atoms in total. The van der Waals surface area contributed by atoms with E-state index in [1.165, 1.54) is 50.1 Å². The fourth-order valence-electron chi connectivity index (χ4n) is 5.54. The number of likely N-dealkylation sites (tertiary alicyclic amines) is 2. The summed E-state index contributed by atoms with van der Waals surface area (Å²) in [4.78, 5) is 5.17. The first-order valence-electron chi connectivity index (χ1n) is 12.2. The number of nitrogens with zero attached hydrogens (tertiary/aromatic N) is 2. The van der Waals surface area contributed by atoms with Gasteiger partial charge in [-0.2, -0.15) is 0 Å². The van der Waals surface area contributed by atoms with Crippen molar-refractivity contribution in [1.29, 1.82) is 0 Å². The molecule has 176 valence electrons. The van der Waals surface area contributed by atoms with Crippen LogP contribution in [0.15, 0.2) is 57.5 Å². The molecule has 2 fully saturated rings. The van der Waals surface area contributed by atoms with Gasteiger partial charge in [-0.05, 0) is 71.9 Å². The van der Waals surface area contributed by atoms with E-state index < -0.39 is 0 Å². The molecule has 2 aliphatic rings. The zero-order valence-electron chi connectivity index (χ0n) is 20.2. The molecule has 2 aromatic rings. The van der Waals surface area contributed by atoms with Crippen molar-refractivity contribution in [3.05, 3.63) is 68.6 Å². The predicted molar refractivity (Wildman–Crippen MR) is 145 cm³/mol. The monoisotopic (exact) mass is 562 g/mol. The van der Waals surface area contributed by atoms with Gasteiger partial charge in [0.1, 0.15) is 0 Å². The van der Waals surface area contributed by atoms with E-state index >= 15 is 0 Å². The highest BCUT2D eigenvalue weighted by Gasteiger charge is 2.22. The van der Waals surface area contributed by atoms with Gasteiger partial charge in [0, 0.05) is 48.2 Å². The van der Waals surface area contributed by atoms with Gasteiger partial charge in [0.05, 0.1) is 0 Å². The molecule has 0 spiro atoms. The minimum atomic E-state index is 0.846. The van der Waals surface area contributed by atoms with E-state index in [1.807, 2.05) is 0 Å². The maximum absolute atomic E-state index is 3.48. The molecule has 4 atom stereocenters. The van der Waals surface area contributed by atoms with E-state index in [0.717, 1.165) is 45.7 Å². The number of rotatable bonds is 4. The molecule has 32 heavy (non-hydrogen) atoms. The number of piperidine rings is 2. The largest absolute Gasteiger partial charge is 0.299 e. The second-order valence-electron chi connectivity index (χ2n) is 10.5. The van der Waals surface area contributed by atoms with Crippen LogP contribution < -0.4 is 0 Å². The van der Waals surface area contributed by atoms with Crippen molar-refractivity contribution in [3.8, 4) is 0 Å². The fourth-order valence-corrected chi connectivity index (χ4v) is 6.07. The Labute approximate surface area is 213 Å². The SMILES string of the molecule is C[C@@H]1C[C@H](C)CN(Cc2ccc(Br)cc2)C1.C[C@H]1C[C@H](C)CN(Cc2ccc(Br)cc2)C1. The molecular formula is C28H40Br2N2. The summed E-state index contributed by atoms with van der Waals surface area (Å²) < 4.78 is 2.33. The number of hydrogen-bond acceptors (Lipinski definition) is 2. The minimum Gasteiger partial charge on any atom is -0.299 e. The molecule has 0 bridgehead atoms. The molecule has 2 heterocycles. The molecule has 0 aromatic heterocycles. The van der Waals surface area contributed by atoms with E-state index in [0.29, 0.717) is 0 Å². The first-order chi connectivity index (χ1) is 15.3. The summed E-state index contributed by atoms with van der Waals surface area (Å²) in [6.45, 7) is 16.7. The predicted octanol–water partition coefficient (Wildman–Crippen LogP) is 7.85. The first kappa shape index (κ1) is 25.9.